The second-order valence-electron chi connectivity index (χ2n) is 5.99. The summed E-state index contributed by atoms with van der Waals surface area (Å²) in [6.45, 7) is 0.325. The van der Waals surface area contributed by atoms with Crippen molar-refractivity contribution in [2.45, 2.75) is 6.54 Å². The van der Waals surface area contributed by atoms with Crippen LogP contribution in [0.5, 0.6) is 0 Å². The van der Waals surface area contributed by atoms with Crippen molar-refractivity contribution in [1.29, 1.82) is 0 Å². The van der Waals surface area contributed by atoms with Crippen LogP contribution in [0.1, 0.15) is 36.8 Å². The molecule has 0 aliphatic heterocycles. The largest absolute Gasteiger partial charge is 0.465 e. The number of nitrogens with one attached hydrogen (secondary N) is 2. The molecule has 146 valence electrons. The molecule has 0 saturated carbocycles. The highest BCUT2D eigenvalue weighted by molar-refractivity contribution is 6.05. The zero-order chi connectivity index (χ0) is 20.6. The number of hydrogen-bond acceptors (Lipinski definition) is 6. The smallest absolute Gasteiger partial charge is 0.337 e. The number of ether oxygens (including phenoxy) is 1. The predicted octanol–water partition coefficient (Wildman–Crippen LogP) is 2.45. The van der Waals surface area contributed by atoms with Gasteiger partial charge in [-0.1, -0.05) is 0 Å². The van der Waals surface area contributed by atoms with E-state index in [1.54, 1.807) is 48.8 Å². The second-order valence-corrected chi connectivity index (χ2v) is 5.99. The van der Waals surface area contributed by atoms with Crippen molar-refractivity contribution < 1.29 is 19.1 Å². The van der Waals surface area contributed by atoms with Crippen LogP contribution >= 0.6 is 0 Å². The standard InChI is InChI=1S/C21H18N4O4/c1-29-21(28)15-2-4-17(5-3-15)25-19(26)16-8-11-23-18(12-16)20(27)24-13-14-6-9-22-10-7-14/h2-12H,13H2,1H3,(H,24,27)(H,25,26). The van der Waals surface area contributed by atoms with Crippen LogP contribution in [0.15, 0.2) is 67.1 Å². The molecule has 0 aliphatic carbocycles. The summed E-state index contributed by atoms with van der Waals surface area (Å²) in [4.78, 5) is 44.2. The maximum absolute atomic E-state index is 12.5. The van der Waals surface area contributed by atoms with E-state index >= 15 is 0 Å². The summed E-state index contributed by atoms with van der Waals surface area (Å²) in [5, 5.41) is 5.46. The molecule has 0 fully saturated rings. The number of rotatable bonds is 6. The van der Waals surface area contributed by atoms with E-state index in [4.69, 9.17) is 0 Å². The highest BCUT2D eigenvalue weighted by Crippen LogP contribution is 2.12. The van der Waals surface area contributed by atoms with E-state index in [0.29, 0.717) is 17.8 Å². The zero-order valence-electron chi connectivity index (χ0n) is 15.6. The molecule has 0 bridgehead atoms. The van der Waals surface area contributed by atoms with Crippen LogP contribution in [0, 0.1) is 0 Å². The number of methoxy groups -OCH3 is 1. The van der Waals surface area contributed by atoms with E-state index in [2.05, 4.69) is 25.3 Å². The Morgan fingerprint density at radius 3 is 2.31 bits per heavy atom. The quantitative estimate of drug-likeness (QED) is 0.626. The van der Waals surface area contributed by atoms with Gasteiger partial charge in [0.05, 0.1) is 12.7 Å². The zero-order valence-corrected chi connectivity index (χ0v) is 15.6. The molecule has 29 heavy (non-hydrogen) atoms. The molecule has 8 heteroatoms. The molecule has 2 amide bonds. The summed E-state index contributed by atoms with van der Waals surface area (Å²) in [5.41, 5.74) is 2.20. The van der Waals surface area contributed by atoms with Gasteiger partial charge in [-0.15, -0.1) is 0 Å². The van der Waals surface area contributed by atoms with Gasteiger partial charge < -0.3 is 15.4 Å². The molecule has 1 aromatic carbocycles. The van der Waals surface area contributed by atoms with Gasteiger partial charge in [-0.05, 0) is 54.1 Å². The van der Waals surface area contributed by atoms with E-state index in [9.17, 15) is 14.4 Å². The number of benzene rings is 1. The number of amides is 2. The van der Waals surface area contributed by atoms with Crippen molar-refractivity contribution in [2.75, 3.05) is 12.4 Å². The minimum Gasteiger partial charge on any atom is -0.465 e. The third-order valence-corrected chi connectivity index (χ3v) is 4.02. The van der Waals surface area contributed by atoms with Crippen molar-refractivity contribution in [3.63, 3.8) is 0 Å². The Bertz CT molecular complexity index is 1020. The predicted molar refractivity (Wildman–Crippen MR) is 105 cm³/mol. The first-order valence-electron chi connectivity index (χ1n) is 8.69. The average Bonchev–Trinajstić information content (AvgIpc) is 2.78. The lowest BCUT2D eigenvalue weighted by Crippen LogP contribution is -2.24. The maximum atomic E-state index is 12.5. The van der Waals surface area contributed by atoms with Crippen LogP contribution in [0.25, 0.3) is 0 Å². The minimum atomic E-state index is -0.459. The van der Waals surface area contributed by atoms with Crippen molar-refractivity contribution in [3.8, 4) is 0 Å². The third-order valence-electron chi connectivity index (χ3n) is 4.02. The summed E-state index contributed by atoms with van der Waals surface area (Å²) in [6.07, 6.45) is 4.68. The van der Waals surface area contributed by atoms with Gasteiger partial charge in [0.2, 0.25) is 0 Å². The average molecular weight is 390 g/mol. The molecule has 3 rings (SSSR count). The molecule has 0 atom stereocenters. The summed E-state index contributed by atoms with van der Waals surface area (Å²) >= 11 is 0. The molecule has 0 spiro atoms. The Balaban J connectivity index is 1.64. The van der Waals surface area contributed by atoms with Crippen LogP contribution < -0.4 is 10.6 Å². The Labute approximate surface area is 167 Å². The molecule has 0 aliphatic rings. The van der Waals surface area contributed by atoms with Crippen LogP contribution in [-0.2, 0) is 11.3 Å². The van der Waals surface area contributed by atoms with E-state index in [-0.39, 0.29) is 17.2 Å². The molecule has 0 radical (unpaired) electrons. The summed E-state index contributed by atoms with van der Waals surface area (Å²) in [5.74, 6) is -1.25. The number of aromatic nitrogens is 2. The van der Waals surface area contributed by atoms with Crippen LogP contribution in [0.4, 0.5) is 5.69 Å². The number of carbonyl (C=O) groups excluding carboxylic acids is 3. The van der Waals surface area contributed by atoms with E-state index in [1.165, 1.54) is 25.4 Å². The van der Waals surface area contributed by atoms with Crippen LogP contribution in [0.3, 0.4) is 0 Å². The van der Waals surface area contributed by atoms with Gasteiger partial charge in [-0.25, -0.2) is 4.79 Å². The second kappa shape index (κ2) is 9.23. The summed E-state index contributed by atoms with van der Waals surface area (Å²) in [7, 11) is 1.30. The van der Waals surface area contributed by atoms with Gasteiger partial charge in [0, 0.05) is 36.4 Å². The molecule has 2 N–H and O–H groups in total. The topological polar surface area (TPSA) is 110 Å². The van der Waals surface area contributed by atoms with Crippen molar-refractivity contribution >= 4 is 23.5 Å². The Morgan fingerprint density at radius 1 is 0.897 bits per heavy atom. The SMILES string of the molecule is COC(=O)c1ccc(NC(=O)c2ccnc(C(=O)NCc3ccncc3)c2)cc1. The van der Waals surface area contributed by atoms with Crippen molar-refractivity contribution in [3.05, 3.63) is 89.5 Å². The van der Waals surface area contributed by atoms with Gasteiger partial charge in [0.25, 0.3) is 11.8 Å². The lowest BCUT2D eigenvalue weighted by atomic mass is 10.1. The van der Waals surface area contributed by atoms with Crippen molar-refractivity contribution in [2.24, 2.45) is 0 Å². The normalized spacial score (nSPS) is 10.1. The molecule has 2 aromatic heterocycles. The molecule has 0 unspecified atom stereocenters. The lowest BCUT2D eigenvalue weighted by Gasteiger charge is -2.08. The van der Waals surface area contributed by atoms with Crippen molar-refractivity contribution in [1.82, 2.24) is 15.3 Å². The van der Waals surface area contributed by atoms with Crippen LogP contribution in [-0.4, -0.2) is 34.9 Å². The lowest BCUT2D eigenvalue weighted by molar-refractivity contribution is 0.0600. The number of hydrogen-bond donors (Lipinski definition) is 2. The van der Waals surface area contributed by atoms with Gasteiger partial charge >= 0.3 is 5.97 Å². The Morgan fingerprint density at radius 2 is 1.62 bits per heavy atom. The first-order valence-corrected chi connectivity index (χ1v) is 8.69. The maximum Gasteiger partial charge on any atom is 0.337 e. The Hall–Kier alpha value is -4.07. The first-order chi connectivity index (χ1) is 14.1. The molecular weight excluding hydrogens is 372 g/mol. The van der Waals surface area contributed by atoms with Crippen LogP contribution in [0.2, 0.25) is 0 Å². The molecule has 2 heterocycles. The fraction of sp³-hybridized carbons (Fsp3) is 0.0952. The fourth-order valence-corrected chi connectivity index (χ4v) is 2.48. The number of nitrogens with zero attached hydrogens (tertiary/aromatic N) is 2. The molecular formula is C21H18N4O4. The van der Waals surface area contributed by atoms with Gasteiger partial charge in [-0.2, -0.15) is 0 Å². The first kappa shape index (κ1) is 19.7. The minimum absolute atomic E-state index is 0.132. The highest BCUT2D eigenvalue weighted by Gasteiger charge is 2.13. The number of anilines is 1. The van der Waals surface area contributed by atoms with Gasteiger partial charge in [0.1, 0.15) is 5.69 Å². The highest BCUT2D eigenvalue weighted by atomic mass is 16.5. The third kappa shape index (κ3) is 5.23. The van der Waals surface area contributed by atoms with E-state index < -0.39 is 11.9 Å². The number of pyridine rings is 2. The van der Waals surface area contributed by atoms with E-state index in [0.717, 1.165) is 5.56 Å². The molecule has 3 aromatic rings. The Kier molecular flexibility index (Phi) is 6.26. The summed E-state index contributed by atoms with van der Waals surface area (Å²) in [6, 6.07) is 12.8. The van der Waals surface area contributed by atoms with Gasteiger partial charge in [0.15, 0.2) is 0 Å². The molecule has 0 saturated heterocycles. The summed E-state index contributed by atoms with van der Waals surface area (Å²) < 4.78 is 4.64. The van der Waals surface area contributed by atoms with E-state index in [1.807, 2.05) is 0 Å². The monoisotopic (exact) mass is 390 g/mol. The number of esters is 1. The molecule has 8 nitrogen and oxygen atoms in total. The fourth-order valence-electron chi connectivity index (χ4n) is 2.48. The van der Waals surface area contributed by atoms with Gasteiger partial charge in [-0.3, -0.25) is 19.6 Å². The number of carbonyl (C=O) groups is 3.